The van der Waals surface area contributed by atoms with Crippen molar-refractivity contribution in [1.29, 1.82) is 0 Å². The van der Waals surface area contributed by atoms with Gasteiger partial charge in [-0.3, -0.25) is 9.78 Å². The van der Waals surface area contributed by atoms with Gasteiger partial charge in [-0.15, -0.1) is 8.86 Å². The Bertz CT molecular complexity index is 923. The molecule has 0 aromatic carbocycles. The molecule has 3 aromatic heterocycles. The molecule has 2 N–H and O–H groups in total. The Morgan fingerprint density at radius 2 is 2.07 bits per heavy atom. The fraction of sp³-hybridized carbons (Fsp3) is 0.238. The van der Waals surface area contributed by atoms with E-state index in [1.807, 2.05) is 55.6 Å². The Labute approximate surface area is 166 Å². The van der Waals surface area contributed by atoms with Crippen molar-refractivity contribution in [2.24, 2.45) is 0 Å². The zero-order valence-electron chi connectivity index (χ0n) is 15.8. The van der Waals surface area contributed by atoms with E-state index in [2.05, 4.69) is 34.0 Å². The standard InChI is InChI=1S/C11H11N3.C10H13N2OP/c1-12-11-5-4-10(8-14-11)9-3-2-6-13-7-9;13-10-4-3-8(6-11-10)12-5-1-2-9(12)7-14/h2-8H,1H3,(H,12,14);3-4,6-7,9,14H,1-2,5H2,(H,11,13)/t;9-/m.0/s1. The van der Waals surface area contributed by atoms with Crippen LogP contribution < -0.4 is 15.8 Å². The Morgan fingerprint density at radius 3 is 2.68 bits per heavy atom. The molecule has 7 heteroatoms. The van der Waals surface area contributed by atoms with Gasteiger partial charge >= 0.3 is 0 Å². The van der Waals surface area contributed by atoms with Crippen molar-refractivity contribution in [2.75, 3.05) is 23.8 Å². The summed E-state index contributed by atoms with van der Waals surface area (Å²) in [4.78, 5) is 24.2. The van der Waals surface area contributed by atoms with Gasteiger partial charge in [-0.1, -0.05) is 6.07 Å². The molecule has 1 atom stereocenters. The molecule has 4 rings (SSSR count). The molecule has 1 saturated heterocycles. The summed E-state index contributed by atoms with van der Waals surface area (Å²) in [5.74, 6) is 2.90. The Hall–Kier alpha value is -2.98. The molecule has 0 saturated carbocycles. The van der Waals surface area contributed by atoms with Gasteiger partial charge in [-0.2, -0.15) is 0 Å². The number of rotatable bonds is 4. The molecule has 1 fully saturated rings. The van der Waals surface area contributed by atoms with Gasteiger partial charge in [-0.05, 0) is 42.9 Å². The molecule has 4 heterocycles. The summed E-state index contributed by atoms with van der Waals surface area (Å²) in [6, 6.07) is 11.8. The molecule has 0 spiro atoms. The minimum Gasteiger partial charge on any atom is -0.373 e. The monoisotopic (exact) mass is 393 g/mol. The summed E-state index contributed by atoms with van der Waals surface area (Å²) in [5, 5.41) is 2.98. The Balaban J connectivity index is 0.000000161. The number of H-pyrrole nitrogens is 1. The highest BCUT2D eigenvalue weighted by Gasteiger charge is 2.21. The zero-order valence-corrected chi connectivity index (χ0v) is 16.8. The second-order valence-corrected chi connectivity index (χ2v) is 6.74. The van der Waals surface area contributed by atoms with Crippen LogP contribution >= 0.6 is 8.86 Å². The molecule has 6 nitrogen and oxygen atoms in total. The van der Waals surface area contributed by atoms with Crippen LogP contribution in [0.25, 0.3) is 11.1 Å². The van der Waals surface area contributed by atoms with Gasteiger partial charge in [0, 0.05) is 55.6 Å². The lowest BCUT2D eigenvalue weighted by molar-refractivity contribution is 0.863. The highest BCUT2D eigenvalue weighted by Crippen LogP contribution is 2.23. The van der Waals surface area contributed by atoms with E-state index in [4.69, 9.17) is 0 Å². The molecular weight excluding hydrogens is 369 g/mol. The molecule has 0 radical (unpaired) electrons. The molecule has 0 unspecified atom stereocenters. The third kappa shape index (κ3) is 5.05. The molecule has 3 aromatic rings. The molecule has 144 valence electrons. The summed E-state index contributed by atoms with van der Waals surface area (Å²) in [6.45, 7) is 1.05. The average molecular weight is 393 g/mol. The first-order chi connectivity index (χ1) is 13.7. The van der Waals surface area contributed by atoms with Crippen molar-refractivity contribution in [3.8, 4) is 11.1 Å². The molecule has 0 amide bonds. The van der Waals surface area contributed by atoms with Crippen LogP contribution in [0.3, 0.4) is 0 Å². The van der Waals surface area contributed by atoms with Crippen molar-refractivity contribution in [1.82, 2.24) is 15.0 Å². The van der Waals surface area contributed by atoms with Crippen LogP contribution in [0, 0.1) is 0 Å². The number of hydrogen-bond acceptors (Lipinski definition) is 5. The van der Waals surface area contributed by atoms with E-state index in [1.165, 1.54) is 12.8 Å². The smallest absolute Gasteiger partial charge is 0.248 e. The maximum Gasteiger partial charge on any atom is 0.248 e. The van der Waals surface area contributed by atoms with Gasteiger partial charge in [0.15, 0.2) is 0 Å². The lowest BCUT2D eigenvalue weighted by Gasteiger charge is -2.23. The lowest BCUT2D eigenvalue weighted by atomic mass is 10.1. The zero-order chi connectivity index (χ0) is 19.8. The number of pyridine rings is 3. The summed E-state index contributed by atoms with van der Waals surface area (Å²) < 4.78 is 0. The van der Waals surface area contributed by atoms with Gasteiger partial charge in [0.25, 0.3) is 0 Å². The number of aromatic amines is 1. The number of hydrogen-bond donors (Lipinski definition) is 2. The van der Waals surface area contributed by atoms with E-state index in [-0.39, 0.29) is 5.56 Å². The molecule has 0 bridgehead atoms. The van der Waals surface area contributed by atoms with E-state index < -0.39 is 0 Å². The average Bonchev–Trinajstić information content (AvgIpc) is 3.24. The van der Waals surface area contributed by atoms with E-state index in [0.717, 1.165) is 29.2 Å². The summed E-state index contributed by atoms with van der Waals surface area (Å²) in [5.41, 5.74) is 3.20. The number of anilines is 2. The minimum absolute atomic E-state index is 0.0492. The van der Waals surface area contributed by atoms with Crippen LogP contribution in [0.2, 0.25) is 0 Å². The third-order valence-electron chi connectivity index (χ3n) is 4.61. The van der Waals surface area contributed by atoms with E-state index >= 15 is 0 Å². The van der Waals surface area contributed by atoms with Crippen LogP contribution in [-0.2, 0) is 0 Å². The number of nitrogens with zero attached hydrogens (tertiary/aromatic N) is 3. The molecule has 1 aliphatic rings. The normalized spacial score (nSPS) is 15.5. The van der Waals surface area contributed by atoms with Gasteiger partial charge in [0.2, 0.25) is 5.56 Å². The largest absolute Gasteiger partial charge is 0.373 e. The Morgan fingerprint density at radius 1 is 1.21 bits per heavy atom. The maximum atomic E-state index is 10.9. The molecule has 28 heavy (non-hydrogen) atoms. The first-order valence-electron chi connectivity index (χ1n) is 9.21. The van der Waals surface area contributed by atoms with Crippen LogP contribution in [-0.4, -0.2) is 40.4 Å². The van der Waals surface area contributed by atoms with Gasteiger partial charge < -0.3 is 15.2 Å². The molecular formula is C21H24N5OP. The fourth-order valence-corrected chi connectivity index (χ4v) is 3.46. The SMILES string of the molecule is CNc1ccc(-c2cccnc2)cn1.O=c1ccc(N2CCC[C@H]2C=P)c[nH]1. The number of aromatic nitrogens is 3. The molecule has 0 aliphatic carbocycles. The predicted octanol–water partition coefficient (Wildman–Crippen LogP) is 3.47. The van der Waals surface area contributed by atoms with Crippen molar-refractivity contribution in [3.05, 3.63) is 71.5 Å². The van der Waals surface area contributed by atoms with E-state index in [1.54, 1.807) is 18.5 Å². The molecule has 1 aliphatic heterocycles. The van der Waals surface area contributed by atoms with Crippen LogP contribution in [0.15, 0.2) is 66.0 Å². The summed E-state index contributed by atoms with van der Waals surface area (Å²) in [6.07, 6.45) is 9.57. The topological polar surface area (TPSA) is 73.9 Å². The predicted molar refractivity (Wildman–Crippen MR) is 119 cm³/mol. The van der Waals surface area contributed by atoms with Crippen molar-refractivity contribution >= 4 is 26.2 Å². The van der Waals surface area contributed by atoms with E-state index in [9.17, 15) is 4.79 Å². The van der Waals surface area contributed by atoms with Crippen LogP contribution in [0.5, 0.6) is 0 Å². The highest BCUT2D eigenvalue weighted by atomic mass is 31.0. The maximum absolute atomic E-state index is 10.9. The summed E-state index contributed by atoms with van der Waals surface area (Å²) in [7, 11) is 5.29. The number of nitrogens with one attached hydrogen (secondary N) is 2. The van der Waals surface area contributed by atoms with Crippen LogP contribution in [0.4, 0.5) is 11.5 Å². The van der Waals surface area contributed by atoms with Crippen molar-refractivity contribution in [3.63, 3.8) is 0 Å². The second-order valence-electron chi connectivity index (χ2n) is 6.40. The van der Waals surface area contributed by atoms with Gasteiger partial charge in [0.1, 0.15) is 5.82 Å². The Kier molecular flexibility index (Phi) is 6.93. The summed E-state index contributed by atoms with van der Waals surface area (Å²) >= 11 is 0. The first-order valence-corrected chi connectivity index (χ1v) is 9.79. The quantitative estimate of drug-likeness (QED) is 0.664. The lowest BCUT2D eigenvalue weighted by Crippen LogP contribution is -2.30. The fourth-order valence-electron chi connectivity index (χ4n) is 3.11. The third-order valence-corrected chi connectivity index (χ3v) is 4.99. The first kappa shape index (κ1) is 19.8. The van der Waals surface area contributed by atoms with Crippen molar-refractivity contribution in [2.45, 2.75) is 18.9 Å². The van der Waals surface area contributed by atoms with Gasteiger partial charge in [-0.25, -0.2) is 4.98 Å². The minimum atomic E-state index is -0.0492. The van der Waals surface area contributed by atoms with Crippen molar-refractivity contribution < 1.29 is 0 Å². The second kappa shape index (κ2) is 9.81. The van der Waals surface area contributed by atoms with Gasteiger partial charge in [0.05, 0.1) is 11.7 Å². The van der Waals surface area contributed by atoms with Crippen LogP contribution in [0.1, 0.15) is 12.8 Å². The van der Waals surface area contributed by atoms with E-state index in [0.29, 0.717) is 6.04 Å². The highest BCUT2D eigenvalue weighted by molar-refractivity contribution is 7.18.